The van der Waals surface area contributed by atoms with Crippen molar-refractivity contribution in [1.29, 1.82) is 0 Å². The largest absolute Gasteiger partial charge is 0.369 e. The van der Waals surface area contributed by atoms with Crippen molar-refractivity contribution < 1.29 is 23.7 Å². The van der Waals surface area contributed by atoms with Gasteiger partial charge in [0.05, 0.1) is 18.8 Å². The second-order valence-electron chi connectivity index (χ2n) is 5.99. The molecular weight excluding hydrogens is 248 g/mol. The van der Waals surface area contributed by atoms with Gasteiger partial charge < -0.3 is 23.7 Å². The summed E-state index contributed by atoms with van der Waals surface area (Å²) >= 11 is 0. The van der Waals surface area contributed by atoms with Gasteiger partial charge in [0.2, 0.25) is 0 Å². The standard InChI is InChI=1S/C14H20O5/c15-5-4-8-9(7-17-10-3-1-2-6-16-10)12-14-13(19-14)11(8)18-12/h5,8-14H,1-4,6-7H2. The van der Waals surface area contributed by atoms with E-state index in [1.54, 1.807) is 0 Å². The molecule has 0 saturated carbocycles. The molecule has 0 amide bonds. The Kier molecular flexibility index (Phi) is 3.10. The molecule has 7 unspecified atom stereocenters. The highest BCUT2D eigenvalue weighted by molar-refractivity contribution is 5.50. The molecule has 4 saturated heterocycles. The molecule has 5 heteroatoms. The van der Waals surface area contributed by atoms with Crippen molar-refractivity contribution in [3.8, 4) is 0 Å². The molecule has 19 heavy (non-hydrogen) atoms. The van der Waals surface area contributed by atoms with Crippen LogP contribution < -0.4 is 0 Å². The smallest absolute Gasteiger partial charge is 0.157 e. The molecule has 4 heterocycles. The number of fused-ring (bicyclic) bond motifs is 5. The highest BCUT2D eigenvalue weighted by Gasteiger charge is 2.68. The summed E-state index contributed by atoms with van der Waals surface area (Å²) in [4.78, 5) is 10.8. The first-order valence-corrected chi connectivity index (χ1v) is 7.36. The third-order valence-electron chi connectivity index (χ3n) is 4.90. The average Bonchev–Trinajstić information content (AvgIpc) is 3.08. The molecule has 0 radical (unpaired) electrons. The topological polar surface area (TPSA) is 57.3 Å². The van der Waals surface area contributed by atoms with Gasteiger partial charge in [0.25, 0.3) is 0 Å². The Bertz CT molecular complexity index is 354. The number of rotatable bonds is 5. The first-order valence-electron chi connectivity index (χ1n) is 7.36. The van der Waals surface area contributed by atoms with Crippen LogP contribution in [-0.2, 0) is 23.7 Å². The van der Waals surface area contributed by atoms with Gasteiger partial charge in [0.1, 0.15) is 18.5 Å². The first kappa shape index (κ1) is 12.3. The van der Waals surface area contributed by atoms with Crippen molar-refractivity contribution in [3.05, 3.63) is 0 Å². The van der Waals surface area contributed by atoms with Crippen LogP contribution in [0.3, 0.4) is 0 Å². The molecule has 5 nitrogen and oxygen atoms in total. The van der Waals surface area contributed by atoms with Gasteiger partial charge in [-0.05, 0) is 19.3 Å². The van der Waals surface area contributed by atoms with E-state index in [-0.39, 0.29) is 42.5 Å². The second kappa shape index (κ2) is 4.81. The number of aldehydes is 1. The number of hydrogen-bond donors (Lipinski definition) is 0. The van der Waals surface area contributed by atoms with E-state index in [9.17, 15) is 4.79 Å². The number of hydrogen-bond acceptors (Lipinski definition) is 5. The highest BCUT2D eigenvalue weighted by atomic mass is 16.7. The van der Waals surface area contributed by atoms with Gasteiger partial charge in [-0.2, -0.15) is 0 Å². The molecule has 4 rings (SSSR count). The lowest BCUT2D eigenvalue weighted by Crippen LogP contribution is -2.37. The van der Waals surface area contributed by atoms with Crippen LogP contribution in [0.1, 0.15) is 25.7 Å². The molecular formula is C14H20O5. The van der Waals surface area contributed by atoms with Crippen molar-refractivity contribution in [3.63, 3.8) is 0 Å². The summed E-state index contributed by atoms with van der Waals surface area (Å²) in [6.07, 6.45) is 5.49. The number of ether oxygens (including phenoxy) is 4. The van der Waals surface area contributed by atoms with E-state index in [1.807, 2.05) is 0 Å². The lowest BCUT2D eigenvalue weighted by Gasteiger charge is -2.28. The predicted molar refractivity (Wildman–Crippen MR) is 64.5 cm³/mol. The fourth-order valence-corrected chi connectivity index (χ4v) is 3.88. The number of carbonyl (C=O) groups excluding carboxylic acids is 1. The zero-order chi connectivity index (χ0) is 12.8. The van der Waals surface area contributed by atoms with Crippen LogP contribution >= 0.6 is 0 Å². The Hall–Kier alpha value is -0.490. The van der Waals surface area contributed by atoms with E-state index in [1.165, 1.54) is 6.42 Å². The highest BCUT2D eigenvalue weighted by Crippen LogP contribution is 2.54. The van der Waals surface area contributed by atoms with Gasteiger partial charge in [-0.3, -0.25) is 0 Å². The van der Waals surface area contributed by atoms with E-state index in [0.717, 1.165) is 25.7 Å². The third-order valence-corrected chi connectivity index (χ3v) is 4.90. The molecule has 7 atom stereocenters. The molecule has 0 aromatic heterocycles. The van der Waals surface area contributed by atoms with E-state index in [2.05, 4.69) is 0 Å². The lowest BCUT2D eigenvalue weighted by atomic mass is 9.78. The van der Waals surface area contributed by atoms with E-state index in [0.29, 0.717) is 13.0 Å². The maximum absolute atomic E-state index is 10.8. The fourth-order valence-electron chi connectivity index (χ4n) is 3.88. The Morgan fingerprint density at radius 3 is 2.58 bits per heavy atom. The van der Waals surface area contributed by atoms with Crippen molar-refractivity contribution in [2.75, 3.05) is 13.2 Å². The Morgan fingerprint density at radius 2 is 1.84 bits per heavy atom. The minimum Gasteiger partial charge on any atom is -0.369 e. The minimum atomic E-state index is -0.0688. The Morgan fingerprint density at radius 1 is 1.05 bits per heavy atom. The van der Waals surface area contributed by atoms with Crippen LogP contribution in [0.4, 0.5) is 0 Å². The summed E-state index contributed by atoms with van der Waals surface area (Å²) in [5, 5.41) is 0. The quantitative estimate of drug-likeness (QED) is 0.547. The van der Waals surface area contributed by atoms with Crippen molar-refractivity contribution >= 4 is 6.29 Å². The molecule has 0 spiro atoms. The summed E-state index contributed by atoms with van der Waals surface area (Å²) in [7, 11) is 0. The summed E-state index contributed by atoms with van der Waals surface area (Å²) in [5.41, 5.74) is 0. The molecule has 4 aliphatic rings. The van der Waals surface area contributed by atoms with Gasteiger partial charge in [-0.15, -0.1) is 0 Å². The summed E-state index contributed by atoms with van der Waals surface area (Å²) in [6.45, 7) is 1.42. The first-order chi connectivity index (χ1) is 9.38. The van der Waals surface area contributed by atoms with Gasteiger partial charge in [0, 0.05) is 24.9 Å². The average molecular weight is 268 g/mol. The fraction of sp³-hybridized carbons (Fsp3) is 0.929. The van der Waals surface area contributed by atoms with Gasteiger partial charge in [-0.1, -0.05) is 0 Å². The Labute approximate surface area is 112 Å². The molecule has 0 aliphatic carbocycles. The molecule has 4 aliphatic heterocycles. The van der Waals surface area contributed by atoms with Crippen molar-refractivity contribution in [2.24, 2.45) is 11.8 Å². The van der Waals surface area contributed by atoms with Crippen molar-refractivity contribution in [2.45, 2.75) is 56.4 Å². The predicted octanol–water partition coefficient (Wildman–Crippen LogP) is 0.899. The monoisotopic (exact) mass is 268 g/mol. The second-order valence-corrected chi connectivity index (χ2v) is 5.99. The van der Waals surface area contributed by atoms with Crippen LogP contribution in [0.2, 0.25) is 0 Å². The van der Waals surface area contributed by atoms with Crippen molar-refractivity contribution in [1.82, 2.24) is 0 Å². The van der Waals surface area contributed by atoms with E-state index < -0.39 is 0 Å². The van der Waals surface area contributed by atoms with Crippen LogP contribution in [-0.4, -0.2) is 50.2 Å². The van der Waals surface area contributed by atoms with E-state index >= 15 is 0 Å². The van der Waals surface area contributed by atoms with Gasteiger partial charge in [0.15, 0.2) is 6.29 Å². The molecule has 2 bridgehead atoms. The maximum Gasteiger partial charge on any atom is 0.157 e. The van der Waals surface area contributed by atoms with Crippen LogP contribution in [0.15, 0.2) is 0 Å². The molecule has 4 fully saturated rings. The minimum absolute atomic E-state index is 0.0688. The molecule has 0 aromatic rings. The summed E-state index contributed by atoms with van der Waals surface area (Å²) in [5.74, 6) is 0.541. The van der Waals surface area contributed by atoms with Gasteiger partial charge in [-0.25, -0.2) is 0 Å². The third kappa shape index (κ3) is 2.03. The van der Waals surface area contributed by atoms with Crippen LogP contribution in [0.5, 0.6) is 0 Å². The normalized spacial score (nSPS) is 51.1. The zero-order valence-corrected chi connectivity index (χ0v) is 10.9. The molecule has 0 N–H and O–H groups in total. The summed E-state index contributed by atoms with van der Waals surface area (Å²) < 4.78 is 23.0. The number of carbonyl (C=O) groups is 1. The van der Waals surface area contributed by atoms with Crippen LogP contribution in [0, 0.1) is 11.8 Å². The zero-order valence-electron chi connectivity index (χ0n) is 10.9. The van der Waals surface area contributed by atoms with E-state index in [4.69, 9.17) is 18.9 Å². The molecule has 0 aromatic carbocycles. The summed E-state index contributed by atoms with van der Waals surface area (Å²) in [6, 6.07) is 0. The SMILES string of the molecule is O=CCC1C(COC2CCCCO2)C2OC1C1OC21. The number of epoxide rings is 1. The van der Waals surface area contributed by atoms with Gasteiger partial charge >= 0.3 is 0 Å². The lowest BCUT2D eigenvalue weighted by molar-refractivity contribution is -0.173. The molecule has 106 valence electrons. The van der Waals surface area contributed by atoms with Crippen LogP contribution in [0.25, 0.3) is 0 Å². The Balaban J connectivity index is 1.37. The maximum atomic E-state index is 10.8.